The molecule has 1 fully saturated rings. The van der Waals surface area contributed by atoms with Gasteiger partial charge in [0.15, 0.2) is 5.78 Å². The van der Waals surface area contributed by atoms with Crippen molar-refractivity contribution in [3.8, 4) is 0 Å². The average molecular weight is 332 g/mol. The molecule has 1 saturated heterocycles. The second-order valence-electron chi connectivity index (χ2n) is 5.96. The van der Waals surface area contributed by atoms with Crippen LogP contribution >= 0.6 is 12.4 Å². The maximum atomic E-state index is 12.1. The topological polar surface area (TPSA) is 40.5 Å². The molecule has 1 heterocycles. The van der Waals surface area contributed by atoms with Gasteiger partial charge in [-0.05, 0) is 12.0 Å². The molecule has 23 heavy (non-hydrogen) atoms. The number of halogens is 1. The zero-order chi connectivity index (χ0) is 15.4. The molecule has 2 aromatic rings. The van der Waals surface area contributed by atoms with Crippen LogP contribution in [-0.2, 0) is 5.60 Å². The summed E-state index contributed by atoms with van der Waals surface area (Å²) in [6.45, 7) is 2.12. The molecule has 0 aromatic heterocycles. The zero-order valence-corrected chi connectivity index (χ0v) is 13.8. The lowest BCUT2D eigenvalue weighted by Gasteiger charge is -2.24. The second-order valence-corrected chi connectivity index (χ2v) is 5.96. The first-order chi connectivity index (χ1) is 10.7. The van der Waals surface area contributed by atoms with Crippen molar-refractivity contribution in [1.82, 2.24) is 4.90 Å². The Morgan fingerprint density at radius 2 is 1.65 bits per heavy atom. The van der Waals surface area contributed by atoms with Crippen LogP contribution in [0.25, 0.3) is 0 Å². The van der Waals surface area contributed by atoms with Crippen molar-refractivity contribution >= 4 is 18.2 Å². The lowest BCUT2D eigenvalue weighted by Crippen LogP contribution is -2.31. The number of carbonyl (C=O) groups excluding carboxylic acids is 1. The summed E-state index contributed by atoms with van der Waals surface area (Å²) in [5, 5.41) is 10.8. The molecule has 0 saturated carbocycles. The van der Waals surface area contributed by atoms with Crippen molar-refractivity contribution in [2.24, 2.45) is 0 Å². The predicted octanol–water partition coefficient (Wildman–Crippen LogP) is 3.27. The van der Waals surface area contributed by atoms with Crippen molar-refractivity contribution in [2.45, 2.75) is 18.4 Å². The maximum Gasteiger partial charge on any atom is 0.164 e. The molecule has 1 N–H and O–H groups in total. The minimum Gasteiger partial charge on any atom is -0.384 e. The molecule has 1 atom stereocenters. The molecule has 1 aliphatic rings. The Bertz CT molecular complexity index is 632. The lowest BCUT2D eigenvalue weighted by molar-refractivity contribution is 0.0457. The molecule has 4 heteroatoms. The highest BCUT2D eigenvalue weighted by atomic mass is 35.5. The summed E-state index contributed by atoms with van der Waals surface area (Å²) in [5.41, 5.74) is 0.948. The molecular formula is C19H22ClNO2. The Balaban J connectivity index is 0.00000192. The summed E-state index contributed by atoms with van der Waals surface area (Å²) in [6.07, 6.45) is 1.21. The number of aliphatic hydroxyl groups is 1. The number of β-amino-alcohol motifs (C(OH)–C–C–N with tert-alkyl or cyclic N) is 1. The van der Waals surface area contributed by atoms with Gasteiger partial charge in [-0.1, -0.05) is 60.7 Å². The highest BCUT2D eigenvalue weighted by Gasteiger charge is 2.37. The van der Waals surface area contributed by atoms with E-state index in [1.165, 1.54) is 0 Å². The van der Waals surface area contributed by atoms with Crippen LogP contribution < -0.4 is 0 Å². The smallest absolute Gasteiger partial charge is 0.164 e. The quantitative estimate of drug-likeness (QED) is 0.855. The van der Waals surface area contributed by atoms with Gasteiger partial charge in [-0.15, -0.1) is 12.4 Å². The van der Waals surface area contributed by atoms with Gasteiger partial charge < -0.3 is 5.11 Å². The summed E-state index contributed by atoms with van der Waals surface area (Å²) >= 11 is 0. The van der Waals surface area contributed by atoms with Crippen LogP contribution in [0.2, 0.25) is 0 Å². The summed E-state index contributed by atoms with van der Waals surface area (Å²) in [6, 6.07) is 19.2. The number of likely N-dealkylation sites (tertiary alicyclic amines) is 1. The van der Waals surface area contributed by atoms with Crippen LogP contribution in [0.1, 0.15) is 28.8 Å². The third kappa shape index (κ3) is 4.20. The fraction of sp³-hybridized carbons (Fsp3) is 0.316. The summed E-state index contributed by atoms with van der Waals surface area (Å²) in [7, 11) is 0. The van der Waals surface area contributed by atoms with Crippen LogP contribution in [0, 0.1) is 0 Å². The van der Waals surface area contributed by atoms with Crippen LogP contribution in [0.4, 0.5) is 0 Å². The van der Waals surface area contributed by atoms with E-state index in [9.17, 15) is 9.90 Å². The van der Waals surface area contributed by atoms with Crippen LogP contribution in [0.3, 0.4) is 0 Å². The number of hydrogen-bond donors (Lipinski definition) is 1. The van der Waals surface area contributed by atoms with E-state index in [0.717, 1.165) is 24.1 Å². The van der Waals surface area contributed by atoms with Gasteiger partial charge in [0, 0.05) is 31.6 Å². The summed E-state index contributed by atoms with van der Waals surface area (Å²) in [4.78, 5) is 14.3. The Morgan fingerprint density at radius 3 is 2.30 bits per heavy atom. The monoisotopic (exact) mass is 331 g/mol. The van der Waals surface area contributed by atoms with E-state index < -0.39 is 5.60 Å². The predicted molar refractivity (Wildman–Crippen MR) is 94.0 cm³/mol. The summed E-state index contributed by atoms with van der Waals surface area (Å²) in [5.74, 6) is 0.163. The third-order valence-corrected chi connectivity index (χ3v) is 4.39. The van der Waals surface area contributed by atoms with Gasteiger partial charge in [0.25, 0.3) is 0 Å². The molecule has 2 aromatic carbocycles. The molecular weight excluding hydrogens is 310 g/mol. The first-order valence-electron chi connectivity index (χ1n) is 7.76. The average Bonchev–Trinajstić information content (AvgIpc) is 2.97. The summed E-state index contributed by atoms with van der Waals surface area (Å²) < 4.78 is 0. The molecule has 122 valence electrons. The molecule has 0 aliphatic carbocycles. The molecule has 0 radical (unpaired) electrons. The van der Waals surface area contributed by atoms with Crippen molar-refractivity contribution in [1.29, 1.82) is 0 Å². The Morgan fingerprint density at radius 1 is 1.04 bits per heavy atom. The molecule has 1 aliphatic heterocycles. The van der Waals surface area contributed by atoms with Crippen molar-refractivity contribution in [3.05, 3.63) is 71.8 Å². The minimum absolute atomic E-state index is 0. The number of benzene rings is 2. The van der Waals surface area contributed by atoms with Gasteiger partial charge in [-0.25, -0.2) is 0 Å². The number of ketones is 1. The second kappa shape index (κ2) is 7.73. The molecule has 0 bridgehead atoms. The van der Waals surface area contributed by atoms with Crippen LogP contribution in [0.5, 0.6) is 0 Å². The number of rotatable bonds is 5. The van der Waals surface area contributed by atoms with Gasteiger partial charge in [-0.2, -0.15) is 0 Å². The van der Waals surface area contributed by atoms with E-state index in [4.69, 9.17) is 0 Å². The van der Waals surface area contributed by atoms with Crippen molar-refractivity contribution in [3.63, 3.8) is 0 Å². The zero-order valence-electron chi connectivity index (χ0n) is 13.0. The van der Waals surface area contributed by atoms with E-state index in [-0.39, 0.29) is 18.2 Å². The molecule has 3 rings (SSSR count). The highest BCUT2D eigenvalue weighted by molar-refractivity contribution is 5.96. The van der Waals surface area contributed by atoms with Gasteiger partial charge in [-0.3, -0.25) is 9.69 Å². The van der Waals surface area contributed by atoms with Crippen LogP contribution in [0.15, 0.2) is 60.7 Å². The Hall–Kier alpha value is -1.68. The van der Waals surface area contributed by atoms with E-state index >= 15 is 0 Å². The van der Waals surface area contributed by atoms with E-state index in [1.54, 1.807) is 0 Å². The number of nitrogens with zero attached hydrogens (tertiary/aromatic N) is 1. The third-order valence-electron chi connectivity index (χ3n) is 4.39. The number of hydrogen-bond acceptors (Lipinski definition) is 3. The van der Waals surface area contributed by atoms with Gasteiger partial charge in [0.1, 0.15) is 5.60 Å². The maximum absolute atomic E-state index is 12.1. The highest BCUT2D eigenvalue weighted by Crippen LogP contribution is 2.31. The molecule has 3 nitrogen and oxygen atoms in total. The first-order valence-corrected chi connectivity index (χ1v) is 7.76. The molecule has 0 spiro atoms. The molecule has 1 unspecified atom stereocenters. The van der Waals surface area contributed by atoms with Crippen molar-refractivity contribution in [2.75, 3.05) is 19.6 Å². The fourth-order valence-corrected chi connectivity index (χ4v) is 3.07. The fourth-order valence-electron chi connectivity index (χ4n) is 3.07. The molecule has 0 amide bonds. The number of Topliss-reactive ketones (excluding diaryl/α,β-unsaturated/α-hetero) is 1. The standard InChI is InChI=1S/C19H21NO2.ClH/c21-18(16-7-3-1-4-8-16)11-13-20-14-12-19(22,15-20)17-9-5-2-6-10-17;/h1-10,22H,11-15H2;1H. The normalized spacial score (nSPS) is 20.9. The Kier molecular flexibility index (Phi) is 5.94. The number of carbonyl (C=O) groups is 1. The van der Waals surface area contributed by atoms with Gasteiger partial charge in [0.2, 0.25) is 0 Å². The minimum atomic E-state index is -0.781. The van der Waals surface area contributed by atoms with Gasteiger partial charge >= 0.3 is 0 Å². The van der Waals surface area contributed by atoms with E-state index in [2.05, 4.69) is 4.90 Å². The van der Waals surface area contributed by atoms with Gasteiger partial charge in [0.05, 0.1) is 0 Å². The van der Waals surface area contributed by atoms with E-state index in [1.807, 2.05) is 60.7 Å². The van der Waals surface area contributed by atoms with Crippen LogP contribution in [-0.4, -0.2) is 35.4 Å². The largest absolute Gasteiger partial charge is 0.384 e. The Labute approximate surface area is 143 Å². The SMILES string of the molecule is Cl.O=C(CCN1CCC(O)(c2ccccc2)C1)c1ccccc1. The lowest BCUT2D eigenvalue weighted by atomic mass is 9.93. The van der Waals surface area contributed by atoms with E-state index in [0.29, 0.717) is 19.5 Å². The first kappa shape index (κ1) is 17.7. The van der Waals surface area contributed by atoms with Crippen molar-refractivity contribution < 1.29 is 9.90 Å².